The van der Waals surface area contributed by atoms with Gasteiger partial charge in [-0.15, -0.1) is 12.4 Å². The minimum atomic E-state index is -0.482. The zero-order valence-electron chi connectivity index (χ0n) is 13.3. The van der Waals surface area contributed by atoms with Crippen LogP contribution in [0, 0.1) is 5.92 Å². The summed E-state index contributed by atoms with van der Waals surface area (Å²) in [6, 6.07) is 6.82. The van der Waals surface area contributed by atoms with Crippen LogP contribution >= 0.6 is 12.4 Å². The van der Waals surface area contributed by atoms with Gasteiger partial charge in [0.05, 0.1) is 11.3 Å². The molecule has 1 saturated carbocycles. The van der Waals surface area contributed by atoms with Crippen LogP contribution in [0.5, 0.6) is 0 Å². The van der Waals surface area contributed by atoms with Crippen LogP contribution in [0.3, 0.4) is 0 Å². The molecule has 1 fully saturated rings. The minimum Gasteiger partial charge on any atom is -0.370 e. The number of hydrogen-bond donors (Lipinski definition) is 4. The standard InChI is InChI=1S/C16H22N4O3.ClH/c17-11-6-5-10(9-11)15(22)20-13-4-2-1-3-12(13)16(23)19-8-7-14(18)21;/h1-4,10-11H,5-9,17H2,(H2,18,21)(H,19,23)(H,20,22);1H. The third-order valence-electron chi connectivity index (χ3n) is 3.93. The molecular formula is C16H23ClN4O3. The fourth-order valence-corrected chi connectivity index (χ4v) is 2.67. The quantitative estimate of drug-likeness (QED) is 0.601. The van der Waals surface area contributed by atoms with Crippen LogP contribution in [-0.2, 0) is 9.59 Å². The normalized spacial score (nSPS) is 19.2. The molecule has 3 amide bonds. The summed E-state index contributed by atoms with van der Waals surface area (Å²) in [7, 11) is 0. The maximum Gasteiger partial charge on any atom is 0.253 e. The SMILES string of the molecule is Cl.NC(=O)CCNC(=O)c1ccccc1NC(=O)C1CCC(N)C1. The van der Waals surface area contributed by atoms with Crippen molar-refractivity contribution in [3.8, 4) is 0 Å². The molecule has 0 saturated heterocycles. The van der Waals surface area contributed by atoms with Crippen LogP contribution in [0.2, 0.25) is 0 Å². The predicted octanol–water partition coefficient (Wildman–Crippen LogP) is 0.779. The maximum absolute atomic E-state index is 12.3. The summed E-state index contributed by atoms with van der Waals surface area (Å²) in [4.78, 5) is 35.2. The predicted molar refractivity (Wildman–Crippen MR) is 93.8 cm³/mol. The van der Waals surface area contributed by atoms with Crippen LogP contribution in [0.4, 0.5) is 5.69 Å². The van der Waals surface area contributed by atoms with Crippen molar-refractivity contribution in [3.05, 3.63) is 29.8 Å². The zero-order valence-corrected chi connectivity index (χ0v) is 14.1. The number of amides is 3. The highest BCUT2D eigenvalue weighted by molar-refractivity contribution is 6.04. The molecule has 1 aromatic carbocycles. The van der Waals surface area contributed by atoms with Gasteiger partial charge in [-0.2, -0.15) is 0 Å². The van der Waals surface area contributed by atoms with E-state index in [-0.39, 0.29) is 49.1 Å². The number of rotatable bonds is 6. The number of carbonyl (C=O) groups is 3. The molecule has 0 heterocycles. The van der Waals surface area contributed by atoms with E-state index in [4.69, 9.17) is 11.5 Å². The fourth-order valence-electron chi connectivity index (χ4n) is 2.67. The van der Waals surface area contributed by atoms with Crippen molar-refractivity contribution >= 4 is 35.8 Å². The van der Waals surface area contributed by atoms with Gasteiger partial charge in [-0.3, -0.25) is 14.4 Å². The molecule has 2 unspecified atom stereocenters. The molecular weight excluding hydrogens is 332 g/mol. The maximum atomic E-state index is 12.3. The number of anilines is 1. The molecule has 6 N–H and O–H groups in total. The highest BCUT2D eigenvalue weighted by Crippen LogP contribution is 2.26. The van der Waals surface area contributed by atoms with Crippen molar-refractivity contribution in [2.45, 2.75) is 31.7 Å². The third-order valence-corrected chi connectivity index (χ3v) is 3.93. The Labute approximate surface area is 146 Å². The van der Waals surface area contributed by atoms with Gasteiger partial charge >= 0.3 is 0 Å². The molecule has 24 heavy (non-hydrogen) atoms. The number of carbonyl (C=O) groups excluding carboxylic acids is 3. The van der Waals surface area contributed by atoms with E-state index in [2.05, 4.69) is 10.6 Å². The summed E-state index contributed by atoms with van der Waals surface area (Å²) in [5.41, 5.74) is 11.7. The van der Waals surface area contributed by atoms with E-state index in [1.165, 1.54) is 0 Å². The van der Waals surface area contributed by atoms with Crippen molar-refractivity contribution in [1.29, 1.82) is 0 Å². The highest BCUT2D eigenvalue weighted by Gasteiger charge is 2.28. The number of nitrogens with two attached hydrogens (primary N) is 2. The Morgan fingerprint density at radius 1 is 1.17 bits per heavy atom. The van der Waals surface area contributed by atoms with Crippen molar-refractivity contribution in [2.24, 2.45) is 17.4 Å². The summed E-state index contributed by atoms with van der Waals surface area (Å²) >= 11 is 0. The molecule has 2 rings (SSSR count). The monoisotopic (exact) mass is 354 g/mol. The molecule has 7 nitrogen and oxygen atoms in total. The van der Waals surface area contributed by atoms with Gasteiger partial charge < -0.3 is 22.1 Å². The van der Waals surface area contributed by atoms with Gasteiger partial charge in [0.25, 0.3) is 5.91 Å². The molecule has 0 aliphatic heterocycles. The minimum absolute atomic E-state index is 0. The topological polar surface area (TPSA) is 127 Å². The summed E-state index contributed by atoms with van der Waals surface area (Å²) in [6.45, 7) is 0.161. The van der Waals surface area contributed by atoms with Crippen LogP contribution in [0.15, 0.2) is 24.3 Å². The molecule has 0 radical (unpaired) electrons. The lowest BCUT2D eigenvalue weighted by Gasteiger charge is -2.14. The van der Waals surface area contributed by atoms with Crippen molar-refractivity contribution < 1.29 is 14.4 Å². The summed E-state index contributed by atoms with van der Waals surface area (Å²) in [5, 5.41) is 5.42. The Morgan fingerprint density at radius 3 is 2.50 bits per heavy atom. The summed E-state index contributed by atoms with van der Waals surface area (Å²) in [6.07, 6.45) is 2.34. The lowest BCUT2D eigenvalue weighted by atomic mass is 10.1. The Kier molecular flexibility index (Phi) is 7.67. The number of para-hydroxylation sites is 1. The molecule has 1 aliphatic rings. The molecule has 132 valence electrons. The Bertz CT molecular complexity index is 609. The highest BCUT2D eigenvalue weighted by atomic mass is 35.5. The first kappa shape index (κ1) is 19.9. The average molecular weight is 355 g/mol. The first-order valence-corrected chi connectivity index (χ1v) is 7.69. The van der Waals surface area contributed by atoms with E-state index < -0.39 is 5.91 Å². The first-order valence-electron chi connectivity index (χ1n) is 7.69. The zero-order chi connectivity index (χ0) is 16.8. The Morgan fingerprint density at radius 2 is 1.88 bits per heavy atom. The molecule has 1 aliphatic carbocycles. The fraction of sp³-hybridized carbons (Fsp3) is 0.438. The van der Waals surface area contributed by atoms with Gasteiger partial charge in [-0.1, -0.05) is 12.1 Å². The van der Waals surface area contributed by atoms with Gasteiger partial charge in [0, 0.05) is 24.9 Å². The second kappa shape index (κ2) is 9.24. The molecule has 2 atom stereocenters. The van der Waals surface area contributed by atoms with Gasteiger partial charge in [0.1, 0.15) is 0 Å². The largest absolute Gasteiger partial charge is 0.370 e. The Balaban J connectivity index is 0.00000288. The van der Waals surface area contributed by atoms with Gasteiger partial charge in [0.2, 0.25) is 11.8 Å². The van der Waals surface area contributed by atoms with Crippen molar-refractivity contribution in [2.75, 3.05) is 11.9 Å². The number of halogens is 1. The van der Waals surface area contributed by atoms with E-state index in [1.54, 1.807) is 24.3 Å². The van der Waals surface area contributed by atoms with Crippen molar-refractivity contribution in [3.63, 3.8) is 0 Å². The van der Waals surface area contributed by atoms with Crippen LogP contribution < -0.4 is 22.1 Å². The summed E-state index contributed by atoms with van der Waals surface area (Å²) < 4.78 is 0. The smallest absolute Gasteiger partial charge is 0.253 e. The van der Waals surface area contributed by atoms with E-state index in [0.717, 1.165) is 12.8 Å². The lowest BCUT2D eigenvalue weighted by Crippen LogP contribution is -2.29. The average Bonchev–Trinajstić information content (AvgIpc) is 2.94. The molecule has 8 heteroatoms. The van der Waals surface area contributed by atoms with Crippen LogP contribution in [-0.4, -0.2) is 30.3 Å². The molecule has 0 spiro atoms. The molecule has 0 bridgehead atoms. The second-order valence-electron chi connectivity index (χ2n) is 5.78. The number of benzene rings is 1. The van der Waals surface area contributed by atoms with Crippen LogP contribution in [0.1, 0.15) is 36.0 Å². The number of hydrogen-bond acceptors (Lipinski definition) is 4. The number of nitrogens with one attached hydrogen (secondary N) is 2. The second-order valence-corrected chi connectivity index (χ2v) is 5.78. The van der Waals surface area contributed by atoms with E-state index in [1.807, 2.05) is 0 Å². The first-order chi connectivity index (χ1) is 11.0. The van der Waals surface area contributed by atoms with Gasteiger partial charge in [0.15, 0.2) is 0 Å². The lowest BCUT2D eigenvalue weighted by molar-refractivity contribution is -0.120. The van der Waals surface area contributed by atoms with Crippen molar-refractivity contribution in [1.82, 2.24) is 5.32 Å². The van der Waals surface area contributed by atoms with Crippen LogP contribution in [0.25, 0.3) is 0 Å². The Hall–Kier alpha value is -2.12. The molecule has 0 aromatic heterocycles. The van der Waals surface area contributed by atoms with Gasteiger partial charge in [-0.05, 0) is 31.4 Å². The van der Waals surface area contributed by atoms with E-state index in [9.17, 15) is 14.4 Å². The van der Waals surface area contributed by atoms with E-state index in [0.29, 0.717) is 17.7 Å². The van der Waals surface area contributed by atoms with Gasteiger partial charge in [-0.25, -0.2) is 0 Å². The third kappa shape index (κ3) is 5.50. The number of primary amides is 1. The molecule has 1 aromatic rings. The van der Waals surface area contributed by atoms with E-state index >= 15 is 0 Å². The summed E-state index contributed by atoms with van der Waals surface area (Å²) in [5.74, 6) is -1.07.